The van der Waals surface area contributed by atoms with E-state index in [4.69, 9.17) is 11.6 Å². The number of hydrogen-bond acceptors (Lipinski definition) is 5. The minimum atomic E-state index is -3.11. The summed E-state index contributed by atoms with van der Waals surface area (Å²) >= 11 is 6.06. The lowest BCUT2D eigenvalue weighted by Crippen LogP contribution is -2.48. The Balaban J connectivity index is 2.19. The monoisotopic (exact) mass is 304 g/mol. The Morgan fingerprint density at radius 2 is 1.68 bits per heavy atom. The van der Waals surface area contributed by atoms with Crippen LogP contribution in [0.2, 0.25) is 5.15 Å². The second kappa shape index (κ2) is 5.22. The van der Waals surface area contributed by atoms with Crippen LogP contribution in [0.25, 0.3) is 0 Å². The van der Waals surface area contributed by atoms with Crippen molar-refractivity contribution in [3.63, 3.8) is 0 Å². The fourth-order valence-electron chi connectivity index (χ4n) is 2.12. The molecule has 1 aliphatic rings. The first-order valence-corrected chi connectivity index (χ1v) is 8.22. The maximum atomic E-state index is 11.5. The van der Waals surface area contributed by atoms with E-state index in [1.807, 2.05) is 6.92 Å². The van der Waals surface area contributed by atoms with Crippen molar-refractivity contribution in [2.75, 3.05) is 37.3 Å². The van der Waals surface area contributed by atoms with E-state index in [1.165, 1.54) is 10.6 Å². The van der Waals surface area contributed by atoms with Gasteiger partial charge in [0.2, 0.25) is 10.0 Å². The summed E-state index contributed by atoms with van der Waals surface area (Å²) < 4.78 is 24.4. The summed E-state index contributed by atoms with van der Waals surface area (Å²) in [5.41, 5.74) is 0.833. The lowest BCUT2D eigenvalue weighted by atomic mass is 10.3. The van der Waals surface area contributed by atoms with E-state index in [9.17, 15) is 8.42 Å². The van der Waals surface area contributed by atoms with Gasteiger partial charge in [-0.15, -0.1) is 0 Å². The number of halogens is 1. The lowest BCUT2D eigenvalue weighted by molar-refractivity contribution is 0.386. The van der Waals surface area contributed by atoms with E-state index in [2.05, 4.69) is 14.9 Å². The van der Waals surface area contributed by atoms with Crippen LogP contribution >= 0.6 is 11.6 Å². The van der Waals surface area contributed by atoms with Gasteiger partial charge in [-0.1, -0.05) is 11.6 Å². The molecular weight excluding hydrogens is 288 g/mol. The number of rotatable bonds is 2. The standard InChI is InChI=1S/C11H17ClN4O2S/c1-8-10(12)13-9(2)14-11(8)15-4-6-16(7-5-15)19(3,17)18/h4-7H2,1-3H3. The molecule has 0 saturated carbocycles. The van der Waals surface area contributed by atoms with Gasteiger partial charge in [0, 0.05) is 31.7 Å². The Labute approximate surface area is 118 Å². The number of aromatic nitrogens is 2. The maximum absolute atomic E-state index is 11.5. The first kappa shape index (κ1) is 14.5. The molecule has 8 heteroatoms. The molecule has 0 unspecified atom stereocenters. The number of hydrogen-bond donors (Lipinski definition) is 0. The quantitative estimate of drug-likeness (QED) is 0.757. The minimum Gasteiger partial charge on any atom is -0.354 e. The molecule has 0 spiro atoms. The van der Waals surface area contributed by atoms with Gasteiger partial charge < -0.3 is 4.90 Å². The smallest absolute Gasteiger partial charge is 0.211 e. The predicted molar refractivity (Wildman–Crippen MR) is 75.1 cm³/mol. The average molecular weight is 305 g/mol. The van der Waals surface area contributed by atoms with Gasteiger partial charge in [0.05, 0.1) is 6.26 Å². The molecule has 106 valence electrons. The van der Waals surface area contributed by atoms with Gasteiger partial charge >= 0.3 is 0 Å². The van der Waals surface area contributed by atoms with E-state index >= 15 is 0 Å². The summed E-state index contributed by atoms with van der Waals surface area (Å²) in [5, 5.41) is 0.452. The van der Waals surface area contributed by atoms with Gasteiger partial charge in [0.1, 0.15) is 16.8 Å². The zero-order chi connectivity index (χ0) is 14.2. The summed E-state index contributed by atoms with van der Waals surface area (Å²) in [6.45, 7) is 5.83. The minimum absolute atomic E-state index is 0.452. The van der Waals surface area contributed by atoms with Crippen molar-refractivity contribution in [3.8, 4) is 0 Å². The van der Waals surface area contributed by atoms with Crippen molar-refractivity contribution in [1.29, 1.82) is 0 Å². The highest BCUT2D eigenvalue weighted by Crippen LogP contribution is 2.24. The zero-order valence-corrected chi connectivity index (χ0v) is 12.8. The van der Waals surface area contributed by atoms with Crippen molar-refractivity contribution in [1.82, 2.24) is 14.3 Å². The van der Waals surface area contributed by atoms with Crippen LogP contribution < -0.4 is 4.90 Å². The first-order chi connectivity index (χ1) is 8.79. The molecule has 0 atom stereocenters. The Morgan fingerprint density at radius 3 is 2.21 bits per heavy atom. The molecule has 0 N–H and O–H groups in total. The summed E-state index contributed by atoms with van der Waals surface area (Å²) in [7, 11) is -3.11. The number of nitrogens with zero attached hydrogens (tertiary/aromatic N) is 4. The van der Waals surface area contributed by atoms with Crippen LogP contribution in [0.3, 0.4) is 0 Å². The van der Waals surface area contributed by atoms with Crippen LogP contribution in [0.1, 0.15) is 11.4 Å². The fraction of sp³-hybridized carbons (Fsp3) is 0.636. The highest BCUT2D eigenvalue weighted by molar-refractivity contribution is 7.88. The normalized spacial score (nSPS) is 17.8. The van der Waals surface area contributed by atoms with Gasteiger partial charge in [-0.25, -0.2) is 18.4 Å². The molecule has 0 bridgehead atoms. The van der Waals surface area contributed by atoms with Gasteiger partial charge in [-0.05, 0) is 13.8 Å². The molecular formula is C11H17ClN4O2S. The van der Waals surface area contributed by atoms with E-state index in [-0.39, 0.29) is 0 Å². The molecule has 0 aromatic carbocycles. The largest absolute Gasteiger partial charge is 0.354 e. The molecule has 1 fully saturated rings. The van der Waals surface area contributed by atoms with Crippen LogP contribution in [0, 0.1) is 13.8 Å². The highest BCUT2D eigenvalue weighted by atomic mass is 35.5. The molecule has 1 aliphatic heterocycles. The van der Waals surface area contributed by atoms with Gasteiger partial charge in [-0.2, -0.15) is 4.31 Å². The molecule has 1 saturated heterocycles. The summed E-state index contributed by atoms with van der Waals surface area (Å²) in [4.78, 5) is 10.6. The van der Waals surface area contributed by atoms with Crippen molar-refractivity contribution in [3.05, 3.63) is 16.5 Å². The third-order valence-corrected chi connectivity index (χ3v) is 4.85. The van der Waals surface area contributed by atoms with Crippen LogP contribution in [-0.4, -0.2) is 55.1 Å². The third kappa shape index (κ3) is 3.16. The Morgan fingerprint density at radius 1 is 1.11 bits per heavy atom. The van der Waals surface area contributed by atoms with E-state index in [1.54, 1.807) is 6.92 Å². The van der Waals surface area contributed by atoms with Crippen LogP contribution in [-0.2, 0) is 10.0 Å². The molecule has 0 amide bonds. The SMILES string of the molecule is Cc1nc(Cl)c(C)c(N2CCN(S(C)(=O)=O)CC2)n1. The molecule has 1 aromatic rings. The Kier molecular flexibility index (Phi) is 3.98. The third-order valence-electron chi connectivity index (χ3n) is 3.18. The Bertz CT molecular complexity index is 583. The molecule has 2 heterocycles. The van der Waals surface area contributed by atoms with Crippen molar-refractivity contribution >= 4 is 27.4 Å². The van der Waals surface area contributed by atoms with Gasteiger partial charge in [0.15, 0.2) is 0 Å². The fourth-order valence-corrected chi connectivity index (χ4v) is 3.15. The summed E-state index contributed by atoms with van der Waals surface area (Å²) in [5.74, 6) is 1.42. The zero-order valence-electron chi connectivity index (χ0n) is 11.2. The Hall–Kier alpha value is -0.920. The highest BCUT2D eigenvalue weighted by Gasteiger charge is 2.25. The van der Waals surface area contributed by atoms with Gasteiger partial charge in [-0.3, -0.25) is 0 Å². The molecule has 1 aromatic heterocycles. The molecule has 0 aliphatic carbocycles. The summed E-state index contributed by atoms with van der Waals surface area (Å²) in [6.07, 6.45) is 1.24. The first-order valence-electron chi connectivity index (χ1n) is 6.00. The molecule has 2 rings (SSSR count). The van der Waals surface area contributed by atoms with Crippen LogP contribution in [0.4, 0.5) is 5.82 Å². The number of aryl methyl sites for hydroxylation is 1. The molecule has 19 heavy (non-hydrogen) atoms. The topological polar surface area (TPSA) is 66.4 Å². The van der Waals surface area contributed by atoms with Crippen LogP contribution in [0.5, 0.6) is 0 Å². The van der Waals surface area contributed by atoms with Crippen LogP contribution in [0.15, 0.2) is 0 Å². The second-order valence-electron chi connectivity index (χ2n) is 4.66. The average Bonchev–Trinajstić information content (AvgIpc) is 2.33. The summed E-state index contributed by atoms with van der Waals surface area (Å²) in [6, 6.07) is 0. The van der Waals surface area contributed by atoms with Crippen molar-refractivity contribution < 1.29 is 8.42 Å². The van der Waals surface area contributed by atoms with E-state index in [0.29, 0.717) is 37.2 Å². The van der Waals surface area contributed by atoms with Crippen molar-refractivity contribution in [2.45, 2.75) is 13.8 Å². The van der Waals surface area contributed by atoms with Gasteiger partial charge in [0.25, 0.3) is 0 Å². The molecule has 6 nitrogen and oxygen atoms in total. The maximum Gasteiger partial charge on any atom is 0.211 e. The number of sulfonamides is 1. The van der Waals surface area contributed by atoms with E-state index < -0.39 is 10.0 Å². The number of anilines is 1. The van der Waals surface area contributed by atoms with Crippen molar-refractivity contribution in [2.24, 2.45) is 0 Å². The predicted octanol–water partition coefficient (Wildman–Crippen LogP) is 0.828. The lowest BCUT2D eigenvalue weighted by Gasteiger charge is -2.34. The second-order valence-corrected chi connectivity index (χ2v) is 7.00. The van der Waals surface area contributed by atoms with E-state index in [0.717, 1.165) is 11.4 Å². The molecule has 0 radical (unpaired) electrons. The number of piperazine rings is 1.